The van der Waals surface area contributed by atoms with Crippen molar-refractivity contribution in [3.63, 3.8) is 0 Å². The Kier molecular flexibility index (Phi) is 7.28. The number of hydrogen-bond donors (Lipinski definition) is 0. The number of unbranched alkanes of at least 4 members (excludes halogenated alkanes) is 2. The van der Waals surface area contributed by atoms with E-state index in [1.807, 2.05) is 6.07 Å². The van der Waals surface area contributed by atoms with Crippen LogP contribution in [0.3, 0.4) is 0 Å². The molecule has 0 unspecified atom stereocenters. The SMILES string of the molecule is COCCCC/C=C/c1cc(I)ccc1OC. The molecule has 0 saturated heterocycles. The summed E-state index contributed by atoms with van der Waals surface area (Å²) in [6.45, 7) is 0.848. The highest BCUT2D eigenvalue weighted by molar-refractivity contribution is 14.1. The summed E-state index contributed by atoms with van der Waals surface area (Å²) in [6.07, 6.45) is 7.69. The van der Waals surface area contributed by atoms with E-state index in [4.69, 9.17) is 9.47 Å². The number of methoxy groups -OCH3 is 2. The lowest BCUT2D eigenvalue weighted by Gasteiger charge is -2.04. The van der Waals surface area contributed by atoms with Crippen LogP contribution in [0.15, 0.2) is 24.3 Å². The first-order chi connectivity index (χ1) is 8.27. The summed E-state index contributed by atoms with van der Waals surface area (Å²) >= 11 is 2.31. The molecule has 1 aromatic carbocycles. The van der Waals surface area contributed by atoms with Gasteiger partial charge in [-0.15, -0.1) is 0 Å². The predicted molar refractivity (Wildman–Crippen MR) is 80.5 cm³/mol. The standard InChI is InChI=1S/C14H19IO2/c1-16-10-6-4-3-5-7-12-11-13(15)8-9-14(12)17-2/h5,7-9,11H,3-4,6,10H2,1-2H3/b7-5+. The lowest BCUT2D eigenvalue weighted by molar-refractivity contribution is 0.193. The normalized spacial score (nSPS) is 11.0. The lowest BCUT2D eigenvalue weighted by atomic mass is 10.1. The summed E-state index contributed by atoms with van der Waals surface area (Å²) in [4.78, 5) is 0. The molecular weight excluding hydrogens is 327 g/mol. The molecule has 0 aliphatic heterocycles. The first-order valence-electron chi connectivity index (χ1n) is 5.77. The molecule has 17 heavy (non-hydrogen) atoms. The Labute approximate surface area is 117 Å². The maximum absolute atomic E-state index is 5.32. The van der Waals surface area contributed by atoms with E-state index in [1.165, 1.54) is 3.57 Å². The molecule has 0 heterocycles. The number of rotatable bonds is 7. The first kappa shape index (κ1) is 14.5. The molecule has 0 amide bonds. The van der Waals surface area contributed by atoms with Crippen molar-refractivity contribution in [3.05, 3.63) is 33.4 Å². The zero-order valence-corrected chi connectivity index (χ0v) is 12.6. The van der Waals surface area contributed by atoms with Crippen LogP contribution in [0.25, 0.3) is 6.08 Å². The van der Waals surface area contributed by atoms with Crippen molar-refractivity contribution in [2.24, 2.45) is 0 Å². The molecule has 0 aliphatic rings. The molecule has 0 bridgehead atoms. The van der Waals surface area contributed by atoms with Crippen LogP contribution in [0, 0.1) is 3.57 Å². The molecule has 2 nitrogen and oxygen atoms in total. The molecule has 0 aromatic heterocycles. The molecule has 1 aromatic rings. The van der Waals surface area contributed by atoms with Crippen LogP contribution in [0.5, 0.6) is 5.75 Å². The molecule has 0 spiro atoms. The average Bonchev–Trinajstić information content (AvgIpc) is 2.34. The highest BCUT2D eigenvalue weighted by Crippen LogP contribution is 2.22. The van der Waals surface area contributed by atoms with Crippen LogP contribution >= 0.6 is 22.6 Å². The van der Waals surface area contributed by atoms with Gasteiger partial charge in [0.15, 0.2) is 0 Å². The van der Waals surface area contributed by atoms with Gasteiger partial charge in [0.2, 0.25) is 0 Å². The van der Waals surface area contributed by atoms with Crippen LogP contribution < -0.4 is 4.74 Å². The fourth-order valence-electron chi connectivity index (χ4n) is 1.55. The Bertz CT molecular complexity index is 361. The molecule has 1 rings (SSSR count). The van der Waals surface area contributed by atoms with Gasteiger partial charge in [0.1, 0.15) is 5.75 Å². The Balaban J connectivity index is 2.49. The summed E-state index contributed by atoms with van der Waals surface area (Å²) in [5, 5.41) is 0. The quantitative estimate of drug-likeness (QED) is 0.546. The highest BCUT2D eigenvalue weighted by Gasteiger charge is 1.99. The van der Waals surface area contributed by atoms with Crippen LogP contribution in [-0.4, -0.2) is 20.8 Å². The van der Waals surface area contributed by atoms with Crippen LogP contribution in [0.1, 0.15) is 24.8 Å². The number of benzene rings is 1. The fourth-order valence-corrected chi connectivity index (χ4v) is 2.07. The van der Waals surface area contributed by atoms with Crippen molar-refractivity contribution in [1.82, 2.24) is 0 Å². The fraction of sp³-hybridized carbons (Fsp3) is 0.429. The van der Waals surface area contributed by atoms with Gasteiger partial charge in [-0.05, 0) is 60.1 Å². The third kappa shape index (κ3) is 5.55. The van der Waals surface area contributed by atoms with Gasteiger partial charge in [0.05, 0.1) is 7.11 Å². The molecule has 0 saturated carbocycles. The molecule has 0 atom stereocenters. The van der Waals surface area contributed by atoms with Gasteiger partial charge in [-0.25, -0.2) is 0 Å². The number of allylic oxidation sites excluding steroid dienone is 1. The second-order valence-corrected chi connectivity index (χ2v) is 5.02. The molecule has 0 aliphatic carbocycles. The topological polar surface area (TPSA) is 18.5 Å². The highest BCUT2D eigenvalue weighted by atomic mass is 127. The maximum Gasteiger partial charge on any atom is 0.126 e. The van der Waals surface area contributed by atoms with Crippen LogP contribution in [0.2, 0.25) is 0 Å². The summed E-state index contributed by atoms with van der Waals surface area (Å²) in [5.41, 5.74) is 1.14. The van der Waals surface area contributed by atoms with E-state index >= 15 is 0 Å². The van der Waals surface area contributed by atoms with Crippen molar-refractivity contribution in [2.45, 2.75) is 19.3 Å². The molecule has 0 N–H and O–H groups in total. The van der Waals surface area contributed by atoms with Crippen molar-refractivity contribution in [2.75, 3.05) is 20.8 Å². The van der Waals surface area contributed by atoms with E-state index in [0.29, 0.717) is 0 Å². The van der Waals surface area contributed by atoms with Crippen molar-refractivity contribution >= 4 is 28.7 Å². The summed E-state index contributed by atoms with van der Waals surface area (Å²) in [5.74, 6) is 0.929. The number of halogens is 1. The van der Waals surface area contributed by atoms with Gasteiger partial charge >= 0.3 is 0 Å². The number of ether oxygens (including phenoxy) is 2. The van der Waals surface area contributed by atoms with E-state index in [1.54, 1.807) is 14.2 Å². The van der Waals surface area contributed by atoms with E-state index in [-0.39, 0.29) is 0 Å². The van der Waals surface area contributed by atoms with Gasteiger partial charge in [-0.1, -0.05) is 12.2 Å². The van der Waals surface area contributed by atoms with Crippen LogP contribution in [0.4, 0.5) is 0 Å². The third-order valence-corrected chi connectivity index (χ3v) is 3.13. The minimum absolute atomic E-state index is 0.848. The Hall–Kier alpha value is -0.550. The Morgan fingerprint density at radius 2 is 2.06 bits per heavy atom. The van der Waals surface area contributed by atoms with Gasteiger partial charge in [0, 0.05) is 22.9 Å². The molecule has 94 valence electrons. The monoisotopic (exact) mass is 346 g/mol. The molecular formula is C14H19IO2. The summed E-state index contributed by atoms with van der Waals surface area (Å²) in [7, 11) is 3.45. The van der Waals surface area contributed by atoms with E-state index < -0.39 is 0 Å². The van der Waals surface area contributed by atoms with E-state index in [9.17, 15) is 0 Å². The summed E-state index contributed by atoms with van der Waals surface area (Å²) < 4.78 is 11.6. The second-order valence-electron chi connectivity index (χ2n) is 3.78. The van der Waals surface area contributed by atoms with Gasteiger partial charge in [-0.3, -0.25) is 0 Å². The van der Waals surface area contributed by atoms with E-state index in [2.05, 4.69) is 46.9 Å². The van der Waals surface area contributed by atoms with Crippen molar-refractivity contribution < 1.29 is 9.47 Å². The Morgan fingerprint density at radius 3 is 2.76 bits per heavy atom. The largest absolute Gasteiger partial charge is 0.496 e. The maximum atomic E-state index is 5.32. The average molecular weight is 346 g/mol. The molecule has 0 radical (unpaired) electrons. The lowest BCUT2D eigenvalue weighted by Crippen LogP contribution is -1.88. The van der Waals surface area contributed by atoms with Crippen molar-refractivity contribution in [3.8, 4) is 5.75 Å². The Morgan fingerprint density at radius 1 is 1.24 bits per heavy atom. The van der Waals surface area contributed by atoms with Gasteiger partial charge < -0.3 is 9.47 Å². The van der Waals surface area contributed by atoms with Crippen LogP contribution in [-0.2, 0) is 4.74 Å². The second kappa shape index (κ2) is 8.53. The minimum Gasteiger partial charge on any atom is -0.496 e. The first-order valence-corrected chi connectivity index (χ1v) is 6.85. The molecule has 3 heteroatoms. The minimum atomic E-state index is 0.848. The smallest absolute Gasteiger partial charge is 0.126 e. The number of hydrogen-bond acceptors (Lipinski definition) is 2. The van der Waals surface area contributed by atoms with E-state index in [0.717, 1.165) is 37.2 Å². The zero-order chi connectivity index (χ0) is 12.5. The predicted octanol–water partition coefficient (Wildman–Crippen LogP) is 4.13. The summed E-state index contributed by atoms with van der Waals surface area (Å²) in [6, 6.07) is 6.19. The third-order valence-electron chi connectivity index (χ3n) is 2.46. The van der Waals surface area contributed by atoms with Crippen molar-refractivity contribution in [1.29, 1.82) is 0 Å². The zero-order valence-electron chi connectivity index (χ0n) is 10.4. The molecule has 0 fully saturated rings. The van der Waals surface area contributed by atoms with Gasteiger partial charge in [0.25, 0.3) is 0 Å². The van der Waals surface area contributed by atoms with Gasteiger partial charge in [-0.2, -0.15) is 0 Å².